The molecule has 7 heteroatoms. The highest BCUT2D eigenvalue weighted by atomic mass is 32.2. The number of sulfonamides is 1. The summed E-state index contributed by atoms with van der Waals surface area (Å²) in [5.41, 5.74) is 0. The SMILES string of the molecule is CCN1CCC(CNS(=O)(=O)c2ccc(CCNC)s2)C1. The number of hydrogen-bond donors (Lipinski definition) is 2. The smallest absolute Gasteiger partial charge is 0.250 e. The van der Waals surface area contributed by atoms with Gasteiger partial charge >= 0.3 is 0 Å². The summed E-state index contributed by atoms with van der Waals surface area (Å²) in [6, 6.07) is 3.62. The van der Waals surface area contributed by atoms with Crippen molar-refractivity contribution in [1.29, 1.82) is 0 Å². The molecule has 2 N–H and O–H groups in total. The summed E-state index contributed by atoms with van der Waals surface area (Å²) in [6.45, 7) is 6.67. The Morgan fingerprint density at radius 2 is 2.24 bits per heavy atom. The lowest BCUT2D eigenvalue weighted by Gasteiger charge is -2.13. The van der Waals surface area contributed by atoms with Crippen LogP contribution in [0.25, 0.3) is 0 Å². The van der Waals surface area contributed by atoms with Crippen molar-refractivity contribution in [3.8, 4) is 0 Å². The molecule has 0 amide bonds. The van der Waals surface area contributed by atoms with Crippen molar-refractivity contribution in [3.05, 3.63) is 17.0 Å². The van der Waals surface area contributed by atoms with E-state index in [1.54, 1.807) is 6.07 Å². The van der Waals surface area contributed by atoms with Gasteiger partial charge in [-0.3, -0.25) is 0 Å². The van der Waals surface area contributed by atoms with Gasteiger partial charge in [-0.2, -0.15) is 0 Å². The average molecular weight is 332 g/mol. The van der Waals surface area contributed by atoms with Gasteiger partial charge in [-0.05, 0) is 57.6 Å². The van der Waals surface area contributed by atoms with Gasteiger partial charge in [-0.1, -0.05) is 6.92 Å². The third-order valence-electron chi connectivity index (χ3n) is 3.90. The van der Waals surface area contributed by atoms with E-state index in [0.717, 1.165) is 43.9 Å². The van der Waals surface area contributed by atoms with Crippen molar-refractivity contribution in [3.63, 3.8) is 0 Å². The van der Waals surface area contributed by atoms with Crippen LogP contribution >= 0.6 is 11.3 Å². The zero-order chi connectivity index (χ0) is 15.3. The lowest BCUT2D eigenvalue weighted by atomic mass is 10.1. The van der Waals surface area contributed by atoms with Crippen LogP contribution in [0.1, 0.15) is 18.2 Å². The van der Waals surface area contributed by atoms with Crippen LogP contribution in [-0.4, -0.2) is 53.1 Å². The summed E-state index contributed by atoms with van der Waals surface area (Å²) in [4.78, 5) is 3.46. The molecular formula is C14H25N3O2S2. The molecule has 0 saturated carbocycles. The highest BCUT2D eigenvalue weighted by Gasteiger charge is 2.24. The van der Waals surface area contributed by atoms with E-state index in [2.05, 4.69) is 21.9 Å². The van der Waals surface area contributed by atoms with Crippen LogP contribution in [0, 0.1) is 5.92 Å². The van der Waals surface area contributed by atoms with Crippen molar-refractivity contribution in [2.75, 3.05) is 39.8 Å². The van der Waals surface area contributed by atoms with E-state index in [0.29, 0.717) is 16.7 Å². The molecular weight excluding hydrogens is 306 g/mol. The van der Waals surface area contributed by atoms with Crippen molar-refractivity contribution in [2.24, 2.45) is 5.92 Å². The van der Waals surface area contributed by atoms with Gasteiger partial charge in [0, 0.05) is 18.0 Å². The monoisotopic (exact) mass is 331 g/mol. The minimum Gasteiger partial charge on any atom is -0.319 e. The second-order valence-electron chi connectivity index (χ2n) is 5.47. The minimum absolute atomic E-state index is 0.430. The molecule has 0 spiro atoms. The summed E-state index contributed by atoms with van der Waals surface area (Å²) >= 11 is 1.37. The number of nitrogens with one attached hydrogen (secondary N) is 2. The van der Waals surface area contributed by atoms with E-state index in [9.17, 15) is 8.42 Å². The maximum Gasteiger partial charge on any atom is 0.250 e. The first-order valence-corrected chi connectivity index (χ1v) is 9.80. The molecule has 1 aromatic rings. The molecule has 1 atom stereocenters. The van der Waals surface area contributed by atoms with Crippen LogP contribution in [0.5, 0.6) is 0 Å². The van der Waals surface area contributed by atoms with E-state index in [1.165, 1.54) is 11.3 Å². The zero-order valence-corrected chi connectivity index (χ0v) is 14.4. The topological polar surface area (TPSA) is 61.4 Å². The molecule has 5 nitrogen and oxygen atoms in total. The lowest BCUT2D eigenvalue weighted by molar-refractivity contribution is 0.342. The second kappa shape index (κ2) is 7.69. The average Bonchev–Trinajstić information content (AvgIpc) is 3.12. The zero-order valence-electron chi connectivity index (χ0n) is 12.8. The quantitative estimate of drug-likeness (QED) is 0.750. The van der Waals surface area contributed by atoms with Gasteiger partial charge in [0.15, 0.2) is 0 Å². The predicted molar refractivity (Wildman–Crippen MR) is 87.4 cm³/mol. The number of nitrogens with zero attached hydrogens (tertiary/aromatic N) is 1. The fourth-order valence-electron chi connectivity index (χ4n) is 2.55. The normalized spacial score (nSPS) is 20.2. The summed E-state index contributed by atoms with van der Waals surface area (Å²) in [5, 5.41) is 3.07. The molecule has 21 heavy (non-hydrogen) atoms. The molecule has 0 aliphatic carbocycles. The standard InChI is InChI=1S/C14H25N3O2S2/c1-3-17-9-7-12(11-17)10-16-21(18,19)14-5-4-13(20-14)6-8-15-2/h4-5,12,15-16H,3,6-11H2,1-2H3. The summed E-state index contributed by atoms with van der Waals surface area (Å²) < 4.78 is 27.8. The Hall–Kier alpha value is -0.470. The predicted octanol–water partition coefficient (Wildman–Crippen LogP) is 1.13. The molecule has 2 rings (SSSR count). The Morgan fingerprint density at radius 1 is 1.43 bits per heavy atom. The van der Waals surface area contributed by atoms with Crippen LogP contribution in [0.2, 0.25) is 0 Å². The molecule has 1 aromatic heterocycles. The van der Waals surface area contributed by atoms with Gasteiger partial charge in [0.05, 0.1) is 0 Å². The van der Waals surface area contributed by atoms with Crippen LogP contribution in [0.15, 0.2) is 16.3 Å². The molecule has 0 aromatic carbocycles. The third-order valence-corrected chi connectivity index (χ3v) is 6.96. The molecule has 1 fully saturated rings. The first kappa shape index (κ1) is 16.9. The van der Waals surface area contributed by atoms with Crippen LogP contribution in [0.4, 0.5) is 0 Å². The molecule has 0 radical (unpaired) electrons. The van der Waals surface area contributed by atoms with Crippen molar-refractivity contribution in [2.45, 2.75) is 24.0 Å². The Balaban J connectivity index is 1.88. The molecule has 1 unspecified atom stereocenters. The summed E-state index contributed by atoms with van der Waals surface area (Å²) in [5.74, 6) is 0.434. The van der Waals surface area contributed by atoms with Gasteiger partial charge in [-0.15, -0.1) is 11.3 Å². The molecule has 120 valence electrons. The number of rotatable bonds is 8. The van der Waals surface area contributed by atoms with Crippen molar-refractivity contribution < 1.29 is 8.42 Å². The highest BCUT2D eigenvalue weighted by Crippen LogP contribution is 2.22. The van der Waals surface area contributed by atoms with Gasteiger partial charge in [-0.25, -0.2) is 13.1 Å². The maximum atomic E-state index is 12.3. The Bertz CT molecular complexity index is 542. The van der Waals surface area contributed by atoms with E-state index in [-0.39, 0.29) is 0 Å². The Morgan fingerprint density at radius 3 is 2.90 bits per heavy atom. The van der Waals surface area contributed by atoms with Crippen LogP contribution in [0.3, 0.4) is 0 Å². The number of hydrogen-bond acceptors (Lipinski definition) is 5. The van der Waals surface area contributed by atoms with E-state index in [1.807, 2.05) is 13.1 Å². The molecule has 1 saturated heterocycles. The lowest BCUT2D eigenvalue weighted by Crippen LogP contribution is -2.30. The molecule has 1 aliphatic heterocycles. The number of thiophene rings is 1. The van der Waals surface area contributed by atoms with E-state index >= 15 is 0 Å². The first-order valence-electron chi connectivity index (χ1n) is 7.50. The number of likely N-dealkylation sites (tertiary alicyclic amines) is 1. The van der Waals surface area contributed by atoms with Crippen molar-refractivity contribution >= 4 is 21.4 Å². The fraction of sp³-hybridized carbons (Fsp3) is 0.714. The summed E-state index contributed by atoms with van der Waals surface area (Å²) in [6.07, 6.45) is 1.94. The Labute approximate surface area is 131 Å². The molecule has 0 bridgehead atoms. The van der Waals surface area contributed by atoms with Crippen molar-refractivity contribution in [1.82, 2.24) is 14.9 Å². The summed E-state index contributed by atoms with van der Waals surface area (Å²) in [7, 11) is -1.45. The Kier molecular flexibility index (Phi) is 6.19. The van der Waals surface area contributed by atoms with Gasteiger partial charge in [0.1, 0.15) is 4.21 Å². The highest BCUT2D eigenvalue weighted by molar-refractivity contribution is 7.91. The van der Waals surface area contributed by atoms with Crippen LogP contribution in [-0.2, 0) is 16.4 Å². The first-order chi connectivity index (χ1) is 10.0. The second-order valence-corrected chi connectivity index (χ2v) is 8.64. The van der Waals surface area contributed by atoms with Gasteiger partial charge < -0.3 is 10.2 Å². The van der Waals surface area contributed by atoms with E-state index < -0.39 is 10.0 Å². The number of likely N-dealkylation sites (N-methyl/N-ethyl adjacent to an activating group) is 1. The maximum absolute atomic E-state index is 12.3. The van der Waals surface area contributed by atoms with Gasteiger partial charge in [0.25, 0.3) is 0 Å². The molecule has 2 heterocycles. The van der Waals surface area contributed by atoms with Crippen LogP contribution < -0.4 is 10.0 Å². The molecule has 1 aliphatic rings. The van der Waals surface area contributed by atoms with E-state index in [4.69, 9.17) is 0 Å². The van der Waals surface area contributed by atoms with Gasteiger partial charge in [0.2, 0.25) is 10.0 Å². The minimum atomic E-state index is -3.35. The fourth-order valence-corrected chi connectivity index (χ4v) is 5.07. The third kappa shape index (κ3) is 4.75. The largest absolute Gasteiger partial charge is 0.319 e.